The molecule has 2 aliphatic rings. The Morgan fingerprint density at radius 2 is 2.04 bits per heavy atom. The van der Waals surface area contributed by atoms with E-state index in [4.69, 9.17) is 9.84 Å². The zero-order chi connectivity index (χ0) is 17.7. The molecular formula is C17H28N2O5. The molecule has 2 heterocycles. The Balaban J connectivity index is 2.02. The van der Waals surface area contributed by atoms with Crippen LogP contribution in [-0.4, -0.2) is 71.6 Å². The largest absolute Gasteiger partial charge is 0.481 e. The smallest absolute Gasteiger partial charge is 0.305 e. The second kappa shape index (κ2) is 8.46. The Labute approximate surface area is 142 Å². The minimum Gasteiger partial charge on any atom is -0.481 e. The second-order valence-electron chi connectivity index (χ2n) is 6.79. The van der Waals surface area contributed by atoms with Crippen LogP contribution in [0.25, 0.3) is 0 Å². The van der Waals surface area contributed by atoms with Crippen LogP contribution in [0.3, 0.4) is 0 Å². The summed E-state index contributed by atoms with van der Waals surface area (Å²) in [5.74, 6) is -1.12. The molecule has 2 rings (SSSR count). The summed E-state index contributed by atoms with van der Waals surface area (Å²) in [5, 5.41) is 9.03. The molecule has 0 radical (unpaired) electrons. The number of aliphatic carboxylic acids is 1. The zero-order valence-corrected chi connectivity index (χ0v) is 14.6. The van der Waals surface area contributed by atoms with Crippen molar-refractivity contribution in [2.45, 2.75) is 45.6 Å². The molecule has 3 unspecified atom stereocenters. The van der Waals surface area contributed by atoms with Crippen molar-refractivity contribution in [1.82, 2.24) is 9.80 Å². The molecule has 0 spiro atoms. The van der Waals surface area contributed by atoms with Crippen LogP contribution < -0.4 is 0 Å². The van der Waals surface area contributed by atoms with E-state index in [9.17, 15) is 14.4 Å². The van der Waals surface area contributed by atoms with Crippen molar-refractivity contribution in [3.63, 3.8) is 0 Å². The SMILES string of the molecule is CCC(C)C(=O)N1CCCC(C(=O)N2CCOCC2CC(=O)O)C1. The van der Waals surface area contributed by atoms with E-state index in [0.29, 0.717) is 26.2 Å². The number of amides is 2. The van der Waals surface area contributed by atoms with E-state index in [1.54, 1.807) is 9.80 Å². The molecule has 136 valence electrons. The maximum atomic E-state index is 12.9. The highest BCUT2D eigenvalue weighted by Crippen LogP contribution is 2.23. The lowest BCUT2D eigenvalue weighted by Crippen LogP contribution is -2.54. The van der Waals surface area contributed by atoms with E-state index in [2.05, 4.69) is 0 Å². The lowest BCUT2D eigenvalue weighted by molar-refractivity contribution is -0.151. The number of carboxylic acids is 1. The van der Waals surface area contributed by atoms with Gasteiger partial charge in [0, 0.05) is 25.6 Å². The van der Waals surface area contributed by atoms with Crippen LogP contribution in [0.5, 0.6) is 0 Å². The fraction of sp³-hybridized carbons (Fsp3) is 0.824. The van der Waals surface area contributed by atoms with Crippen LogP contribution in [-0.2, 0) is 19.1 Å². The van der Waals surface area contributed by atoms with Crippen LogP contribution in [0.15, 0.2) is 0 Å². The summed E-state index contributed by atoms with van der Waals surface area (Å²) < 4.78 is 5.33. The predicted molar refractivity (Wildman–Crippen MR) is 87.3 cm³/mol. The van der Waals surface area contributed by atoms with E-state index < -0.39 is 12.0 Å². The summed E-state index contributed by atoms with van der Waals surface area (Å²) in [6.45, 7) is 6.17. The molecule has 1 N–H and O–H groups in total. The summed E-state index contributed by atoms with van der Waals surface area (Å²) in [6, 6.07) is -0.413. The highest BCUT2D eigenvalue weighted by Gasteiger charge is 2.36. The van der Waals surface area contributed by atoms with E-state index in [-0.39, 0.29) is 36.7 Å². The lowest BCUT2D eigenvalue weighted by Gasteiger charge is -2.40. The van der Waals surface area contributed by atoms with E-state index in [1.165, 1.54) is 0 Å². The molecule has 2 fully saturated rings. The van der Waals surface area contributed by atoms with Gasteiger partial charge in [-0.15, -0.1) is 0 Å². The first-order chi connectivity index (χ1) is 11.4. The van der Waals surface area contributed by atoms with Gasteiger partial charge in [0.15, 0.2) is 0 Å². The molecule has 0 aromatic rings. The number of ether oxygens (including phenoxy) is 1. The van der Waals surface area contributed by atoms with E-state index in [1.807, 2.05) is 13.8 Å². The molecule has 0 aromatic carbocycles. The highest BCUT2D eigenvalue weighted by atomic mass is 16.5. The minimum absolute atomic E-state index is 0.0259. The maximum Gasteiger partial charge on any atom is 0.305 e. The third kappa shape index (κ3) is 4.47. The van der Waals surface area contributed by atoms with Crippen LogP contribution in [0.4, 0.5) is 0 Å². The third-order valence-electron chi connectivity index (χ3n) is 5.04. The standard InChI is InChI=1S/C17H28N2O5/c1-3-12(2)16(22)18-6-4-5-13(10-18)17(23)19-7-8-24-11-14(19)9-15(20)21/h12-14H,3-11H2,1-2H3,(H,20,21). The van der Waals surface area contributed by atoms with Gasteiger partial charge in [0.05, 0.1) is 31.6 Å². The molecule has 0 aromatic heterocycles. The van der Waals surface area contributed by atoms with Crippen LogP contribution >= 0.6 is 0 Å². The van der Waals surface area contributed by atoms with Crippen LogP contribution in [0, 0.1) is 11.8 Å². The Kier molecular flexibility index (Phi) is 6.60. The number of hydrogen-bond acceptors (Lipinski definition) is 4. The highest BCUT2D eigenvalue weighted by molar-refractivity contribution is 5.83. The summed E-state index contributed by atoms with van der Waals surface area (Å²) in [5.41, 5.74) is 0. The predicted octanol–water partition coefficient (Wildman–Crippen LogP) is 0.973. The fourth-order valence-corrected chi connectivity index (χ4v) is 3.42. The van der Waals surface area contributed by atoms with Crippen molar-refractivity contribution in [3.05, 3.63) is 0 Å². The molecule has 7 heteroatoms. The van der Waals surface area contributed by atoms with Crippen molar-refractivity contribution in [3.8, 4) is 0 Å². The summed E-state index contributed by atoms with van der Waals surface area (Å²) in [7, 11) is 0. The molecule has 2 aliphatic heterocycles. The number of hydrogen-bond donors (Lipinski definition) is 1. The normalized spacial score (nSPS) is 26.1. The Morgan fingerprint density at radius 1 is 1.29 bits per heavy atom. The average molecular weight is 340 g/mol. The Hall–Kier alpha value is -1.63. The van der Waals surface area contributed by atoms with Crippen LogP contribution in [0.1, 0.15) is 39.5 Å². The van der Waals surface area contributed by atoms with Gasteiger partial charge < -0.3 is 19.6 Å². The number of carbonyl (C=O) groups excluding carboxylic acids is 2. The van der Waals surface area contributed by atoms with Crippen molar-refractivity contribution in [2.75, 3.05) is 32.8 Å². The van der Waals surface area contributed by atoms with Gasteiger partial charge in [-0.1, -0.05) is 13.8 Å². The third-order valence-corrected chi connectivity index (χ3v) is 5.04. The molecular weight excluding hydrogens is 312 g/mol. The summed E-state index contributed by atoms with van der Waals surface area (Å²) in [6.07, 6.45) is 2.25. The lowest BCUT2D eigenvalue weighted by atomic mass is 9.94. The fourth-order valence-electron chi connectivity index (χ4n) is 3.42. The van der Waals surface area contributed by atoms with Crippen molar-refractivity contribution in [2.24, 2.45) is 11.8 Å². The molecule has 0 saturated carbocycles. The van der Waals surface area contributed by atoms with E-state index in [0.717, 1.165) is 19.3 Å². The molecule has 2 saturated heterocycles. The van der Waals surface area contributed by atoms with Gasteiger partial charge in [-0.05, 0) is 19.3 Å². The molecule has 0 aliphatic carbocycles. The van der Waals surface area contributed by atoms with Gasteiger partial charge in [0.25, 0.3) is 0 Å². The monoisotopic (exact) mass is 340 g/mol. The van der Waals surface area contributed by atoms with Crippen LogP contribution in [0.2, 0.25) is 0 Å². The number of piperidine rings is 1. The number of carboxylic acid groups (broad SMARTS) is 1. The molecule has 24 heavy (non-hydrogen) atoms. The summed E-state index contributed by atoms with van der Waals surface area (Å²) >= 11 is 0. The molecule has 0 bridgehead atoms. The Bertz CT molecular complexity index is 482. The van der Waals surface area contributed by atoms with Crippen molar-refractivity contribution >= 4 is 17.8 Å². The van der Waals surface area contributed by atoms with Gasteiger partial charge >= 0.3 is 5.97 Å². The van der Waals surface area contributed by atoms with Gasteiger partial charge in [-0.2, -0.15) is 0 Å². The molecule has 7 nitrogen and oxygen atoms in total. The maximum absolute atomic E-state index is 12.9. The second-order valence-corrected chi connectivity index (χ2v) is 6.79. The van der Waals surface area contributed by atoms with Crippen molar-refractivity contribution < 1.29 is 24.2 Å². The number of likely N-dealkylation sites (tertiary alicyclic amines) is 1. The average Bonchev–Trinajstić information content (AvgIpc) is 2.60. The zero-order valence-electron chi connectivity index (χ0n) is 14.6. The number of rotatable bonds is 5. The van der Waals surface area contributed by atoms with Crippen molar-refractivity contribution in [1.29, 1.82) is 0 Å². The number of nitrogens with zero attached hydrogens (tertiary/aromatic N) is 2. The first kappa shape index (κ1) is 18.7. The first-order valence-corrected chi connectivity index (χ1v) is 8.82. The minimum atomic E-state index is -0.930. The number of carbonyl (C=O) groups is 3. The van der Waals surface area contributed by atoms with Gasteiger partial charge in [0.2, 0.25) is 11.8 Å². The van der Waals surface area contributed by atoms with Gasteiger partial charge in [0.1, 0.15) is 0 Å². The molecule has 3 atom stereocenters. The quantitative estimate of drug-likeness (QED) is 0.806. The van der Waals surface area contributed by atoms with Gasteiger partial charge in [-0.25, -0.2) is 0 Å². The topological polar surface area (TPSA) is 87.2 Å². The Morgan fingerprint density at radius 3 is 2.71 bits per heavy atom. The van der Waals surface area contributed by atoms with E-state index >= 15 is 0 Å². The number of morpholine rings is 1. The molecule has 2 amide bonds. The summed E-state index contributed by atoms with van der Waals surface area (Å²) in [4.78, 5) is 39.7. The first-order valence-electron chi connectivity index (χ1n) is 8.82. The van der Waals surface area contributed by atoms with Gasteiger partial charge in [-0.3, -0.25) is 14.4 Å².